The van der Waals surface area contributed by atoms with Gasteiger partial charge in [0.05, 0.1) is 0 Å². The minimum Gasteiger partial charge on any atom is -0.411 e. The second-order valence-electron chi connectivity index (χ2n) is 3.14. The average molecular weight is 195 g/mol. The van der Waals surface area contributed by atoms with Gasteiger partial charge >= 0.3 is 29.6 Å². The second kappa shape index (κ2) is 3.88. The quantitative estimate of drug-likeness (QED) is 0.298. The van der Waals surface area contributed by atoms with E-state index in [4.69, 9.17) is 24.8 Å². The monoisotopic (exact) mass is 195 g/mol. The summed E-state index contributed by atoms with van der Waals surface area (Å²) >= 11 is 9.98. The molecule has 0 saturated heterocycles. The molecule has 0 radical (unpaired) electrons. The Bertz CT molecular complexity index is 154. The normalized spacial score (nSPS) is 22.2. The van der Waals surface area contributed by atoms with Gasteiger partial charge in [0.25, 0.3) is 0 Å². The molecule has 0 spiro atoms. The molecule has 0 aromatic rings. The van der Waals surface area contributed by atoms with Crippen LogP contribution in [0.15, 0.2) is 0 Å². The number of nitrogens with zero attached hydrogens (tertiary/aromatic N) is 1. The molecule has 2 fully saturated rings. The number of rotatable bonds is 2. The average Bonchev–Trinajstić information content (AvgIpc) is 2.49. The minimum absolute atomic E-state index is 0. The summed E-state index contributed by atoms with van der Waals surface area (Å²) < 4.78 is 0.699. The summed E-state index contributed by atoms with van der Waals surface area (Å²) in [6.07, 6.45) is 5.25. The Morgan fingerprint density at radius 2 is 1.55 bits per heavy atom. The van der Waals surface area contributed by atoms with Crippen LogP contribution in [0.4, 0.5) is 0 Å². The van der Waals surface area contributed by atoms with E-state index in [2.05, 4.69) is 4.90 Å². The first-order valence-corrected chi connectivity index (χ1v) is 4.60. The molecule has 0 aromatic heterocycles. The molecular formula is C7H10NNaS2. The van der Waals surface area contributed by atoms with E-state index in [-0.39, 0.29) is 29.6 Å². The standard InChI is InChI=1S/C7H11NS2.Na/c9-7(10)8(5-1-2-5)6-3-4-6;/h5-6H,1-4H2,(H,9,10);/q;+1/p-1. The van der Waals surface area contributed by atoms with Crippen LogP contribution in [0, 0.1) is 0 Å². The van der Waals surface area contributed by atoms with E-state index in [0.717, 1.165) is 12.1 Å². The van der Waals surface area contributed by atoms with Crippen molar-refractivity contribution in [1.82, 2.24) is 4.90 Å². The van der Waals surface area contributed by atoms with Gasteiger partial charge in [-0.05, 0) is 25.7 Å². The molecule has 0 atom stereocenters. The molecule has 0 unspecified atom stereocenters. The third-order valence-electron chi connectivity index (χ3n) is 2.09. The zero-order valence-electron chi connectivity index (χ0n) is 6.75. The zero-order chi connectivity index (χ0) is 7.14. The van der Waals surface area contributed by atoms with Gasteiger partial charge in [0.1, 0.15) is 0 Å². The predicted octanol–water partition coefficient (Wildman–Crippen LogP) is -1.55. The van der Waals surface area contributed by atoms with Crippen molar-refractivity contribution in [3.63, 3.8) is 0 Å². The molecule has 2 aliphatic carbocycles. The van der Waals surface area contributed by atoms with Crippen molar-refractivity contribution in [2.24, 2.45) is 0 Å². The molecule has 56 valence electrons. The van der Waals surface area contributed by atoms with Gasteiger partial charge in [-0.15, -0.1) is 0 Å². The molecule has 2 aliphatic rings. The van der Waals surface area contributed by atoms with Gasteiger partial charge in [0, 0.05) is 12.1 Å². The molecule has 2 saturated carbocycles. The third-order valence-corrected chi connectivity index (χ3v) is 2.51. The predicted molar refractivity (Wildman–Crippen MR) is 47.8 cm³/mol. The second-order valence-corrected chi connectivity index (χ2v) is 4.17. The first-order valence-electron chi connectivity index (χ1n) is 3.78. The van der Waals surface area contributed by atoms with Gasteiger partial charge in [-0.25, -0.2) is 0 Å². The number of thiocarbonyl (C=S) groups is 1. The summed E-state index contributed by atoms with van der Waals surface area (Å²) in [5, 5.41) is 0. The first-order chi connectivity index (χ1) is 4.79. The zero-order valence-corrected chi connectivity index (χ0v) is 10.4. The number of hydrogen-bond donors (Lipinski definition) is 0. The maximum Gasteiger partial charge on any atom is 1.00 e. The van der Waals surface area contributed by atoms with Crippen molar-refractivity contribution in [2.45, 2.75) is 37.8 Å². The SMILES string of the molecule is S=C([S-])N(C1CC1)C1CC1.[Na+]. The molecule has 0 aliphatic heterocycles. The largest absolute Gasteiger partial charge is 1.00 e. The van der Waals surface area contributed by atoms with Crippen molar-refractivity contribution in [3.05, 3.63) is 0 Å². The molecule has 0 N–H and O–H groups in total. The molecular weight excluding hydrogens is 185 g/mol. The number of hydrogen-bond acceptors (Lipinski definition) is 2. The van der Waals surface area contributed by atoms with Gasteiger partial charge < -0.3 is 29.7 Å². The summed E-state index contributed by atoms with van der Waals surface area (Å²) in [6.45, 7) is 0. The Morgan fingerprint density at radius 3 is 1.73 bits per heavy atom. The van der Waals surface area contributed by atoms with Gasteiger partial charge in [0.2, 0.25) is 0 Å². The smallest absolute Gasteiger partial charge is 0.411 e. The summed E-state index contributed by atoms with van der Waals surface area (Å²) in [5.74, 6) is 0. The summed E-state index contributed by atoms with van der Waals surface area (Å²) in [6, 6.07) is 1.47. The van der Waals surface area contributed by atoms with Crippen LogP contribution in [0.2, 0.25) is 0 Å². The van der Waals surface area contributed by atoms with Crippen LogP contribution >= 0.6 is 12.2 Å². The molecule has 0 bridgehead atoms. The molecule has 2 rings (SSSR count). The van der Waals surface area contributed by atoms with Crippen molar-refractivity contribution >= 4 is 29.2 Å². The van der Waals surface area contributed by atoms with E-state index in [0.29, 0.717) is 4.32 Å². The van der Waals surface area contributed by atoms with Crippen molar-refractivity contribution in [2.75, 3.05) is 0 Å². The van der Waals surface area contributed by atoms with Crippen LogP contribution in [0.3, 0.4) is 0 Å². The summed E-state index contributed by atoms with van der Waals surface area (Å²) in [4.78, 5) is 2.27. The van der Waals surface area contributed by atoms with Crippen LogP contribution in [-0.4, -0.2) is 21.3 Å². The van der Waals surface area contributed by atoms with E-state index in [1.165, 1.54) is 25.7 Å². The van der Waals surface area contributed by atoms with Gasteiger partial charge in [-0.3, -0.25) is 0 Å². The maximum absolute atomic E-state index is 4.99. The van der Waals surface area contributed by atoms with Crippen LogP contribution in [0.5, 0.6) is 0 Å². The Morgan fingerprint density at radius 1 is 1.18 bits per heavy atom. The van der Waals surface area contributed by atoms with Crippen molar-refractivity contribution in [3.8, 4) is 0 Å². The van der Waals surface area contributed by atoms with Crippen LogP contribution in [0.25, 0.3) is 0 Å². The van der Waals surface area contributed by atoms with Crippen LogP contribution in [-0.2, 0) is 12.6 Å². The van der Waals surface area contributed by atoms with E-state index in [1.54, 1.807) is 0 Å². The fourth-order valence-electron chi connectivity index (χ4n) is 1.30. The van der Waals surface area contributed by atoms with Crippen LogP contribution < -0.4 is 29.6 Å². The van der Waals surface area contributed by atoms with Crippen molar-refractivity contribution < 1.29 is 29.6 Å². The molecule has 0 amide bonds. The Kier molecular flexibility index (Phi) is 3.59. The maximum atomic E-state index is 4.99. The molecule has 11 heavy (non-hydrogen) atoms. The Balaban J connectivity index is 0.000000605. The minimum atomic E-state index is 0. The molecule has 0 heterocycles. The Hall–Kier alpha value is 1.11. The fraction of sp³-hybridized carbons (Fsp3) is 0.857. The molecule has 0 aromatic carbocycles. The third kappa shape index (κ3) is 2.52. The molecule has 1 nitrogen and oxygen atoms in total. The van der Waals surface area contributed by atoms with Crippen molar-refractivity contribution in [1.29, 1.82) is 0 Å². The van der Waals surface area contributed by atoms with E-state index in [9.17, 15) is 0 Å². The van der Waals surface area contributed by atoms with E-state index >= 15 is 0 Å². The van der Waals surface area contributed by atoms with E-state index in [1.807, 2.05) is 0 Å². The molecule has 4 heteroatoms. The first kappa shape index (κ1) is 10.2. The Labute approximate surface area is 101 Å². The topological polar surface area (TPSA) is 3.24 Å². The fourth-order valence-corrected chi connectivity index (χ4v) is 1.90. The van der Waals surface area contributed by atoms with Gasteiger partial charge in [-0.2, -0.15) is 0 Å². The van der Waals surface area contributed by atoms with Gasteiger partial charge in [0.15, 0.2) is 0 Å². The van der Waals surface area contributed by atoms with Crippen LogP contribution in [0.1, 0.15) is 25.7 Å². The van der Waals surface area contributed by atoms with Gasteiger partial charge in [-0.1, -0.05) is 4.32 Å². The summed E-state index contributed by atoms with van der Waals surface area (Å²) in [7, 11) is 0. The summed E-state index contributed by atoms with van der Waals surface area (Å²) in [5.41, 5.74) is 0. The van der Waals surface area contributed by atoms with E-state index < -0.39 is 0 Å².